The minimum absolute atomic E-state index is 0.0989. The van der Waals surface area contributed by atoms with E-state index in [1.165, 1.54) is 0 Å². The molecule has 1 heterocycles. The van der Waals surface area contributed by atoms with Crippen LogP contribution in [-0.2, 0) is 19.7 Å². The number of carbonyl (C=O) groups excluding carboxylic acids is 1. The molecule has 1 amide bonds. The molecule has 1 aliphatic heterocycles. The second kappa shape index (κ2) is 6.92. The molecule has 1 aliphatic rings. The summed E-state index contributed by atoms with van der Waals surface area (Å²) in [4.78, 5) is 23.8. The largest absolute Gasteiger partial charge is 0.481 e. The number of carbonyl (C=O) groups is 2. The zero-order valence-corrected chi connectivity index (χ0v) is 13.1. The molecule has 0 spiro atoms. The van der Waals surface area contributed by atoms with Crippen molar-refractivity contribution in [1.29, 1.82) is 0 Å². The molecule has 0 bridgehead atoms. The third kappa shape index (κ3) is 3.30. The van der Waals surface area contributed by atoms with E-state index >= 15 is 0 Å². The Labute approximate surface area is 130 Å². The Hall–Kier alpha value is -1.88. The molecule has 1 aromatic carbocycles. The summed E-state index contributed by atoms with van der Waals surface area (Å²) in [6, 6.07) is 7.88. The van der Waals surface area contributed by atoms with Gasteiger partial charge in [0.1, 0.15) is 0 Å². The van der Waals surface area contributed by atoms with Crippen molar-refractivity contribution in [2.45, 2.75) is 32.1 Å². The number of benzene rings is 1. The topological polar surface area (TPSA) is 75.6 Å². The Bertz CT molecular complexity index is 549. The third-order valence-electron chi connectivity index (χ3n) is 4.43. The van der Waals surface area contributed by atoms with Gasteiger partial charge in [-0.3, -0.25) is 9.59 Å². The van der Waals surface area contributed by atoms with Crippen LogP contribution in [0.15, 0.2) is 24.3 Å². The fourth-order valence-electron chi connectivity index (χ4n) is 2.95. The maximum atomic E-state index is 12.8. The minimum atomic E-state index is -0.905. The van der Waals surface area contributed by atoms with Gasteiger partial charge in [0.25, 0.3) is 0 Å². The second-order valence-corrected chi connectivity index (χ2v) is 5.96. The number of hydrogen-bond donors (Lipinski definition) is 2. The van der Waals surface area contributed by atoms with Gasteiger partial charge in [-0.15, -0.1) is 0 Å². The molecular weight excluding hydrogens is 282 g/mol. The van der Waals surface area contributed by atoms with Crippen LogP contribution in [0, 0.1) is 12.8 Å². The Kier molecular flexibility index (Phi) is 5.19. The van der Waals surface area contributed by atoms with Crippen LogP contribution in [0.1, 0.15) is 30.9 Å². The molecule has 2 rings (SSSR count). The predicted molar refractivity (Wildman–Crippen MR) is 82.7 cm³/mol. The van der Waals surface area contributed by atoms with Crippen LogP contribution in [0.25, 0.3) is 0 Å². The fourth-order valence-corrected chi connectivity index (χ4v) is 2.95. The van der Waals surface area contributed by atoms with E-state index in [1.54, 1.807) is 6.92 Å². The molecule has 1 atom stereocenters. The van der Waals surface area contributed by atoms with Crippen molar-refractivity contribution in [3.05, 3.63) is 35.4 Å². The Balaban J connectivity index is 2.24. The Morgan fingerprint density at radius 1 is 1.32 bits per heavy atom. The van der Waals surface area contributed by atoms with Crippen LogP contribution < -0.4 is 5.32 Å². The summed E-state index contributed by atoms with van der Waals surface area (Å²) in [6.07, 6.45) is 1.23. The monoisotopic (exact) mass is 305 g/mol. The number of aryl methyl sites for hydroxylation is 1. The van der Waals surface area contributed by atoms with Gasteiger partial charge in [-0.25, -0.2) is 0 Å². The van der Waals surface area contributed by atoms with Gasteiger partial charge < -0.3 is 15.2 Å². The molecule has 1 aromatic rings. The molecule has 1 saturated heterocycles. The van der Waals surface area contributed by atoms with Gasteiger partial charge in [0.05, 0.1) is 11.3 Å². The fraction of sp³-hybridized carbons (Fsp3) is 0.529. The lowest BCUT2D eigenvalue weighted by atomic mass is 9.71. The molecule has 0 saturated carbocycles. The van der Waals surface area contributed by atoms with E-state index in [2.05, 4.69) is 5.32 Å². The summed E-state index contributed by atoms with van der Waals surface area (Å²) < 4.78 is 5.43. The van der Waals surface area contributed by atoms with Crippen molar-refractivity contribution in [2.75, 3.05) is 19.8 Å². The lowest BCUT2D eigenvalue weighted by Crippen LogP contribution is -2.49. The number of aliphatic carboxylic acids is 1. The highest BCUT2D eigenvalue weighted by Gasteiger charge is 2.42. The molecule has 2 N–H and O–H groups in total. The van der Waals surface area contributed by atoms with Crippen molar-refractivity contribution in [3.63, 3.8) is 0 Å². The van der Waals surface area contributed by atoms with Crippen LogP contribution in [-0.4, -0.2) is 36.7 Å². The normalized spacial score (nSPS) is 18.5. The van der Waals surface area contributed by atoms with E-state index in [-0.39, 0.29) is 12.5 Å². The number of hydrogen-bond acceptors (Lipinski definition) is 3. The maximum absolute atomic E-state index is 12.8. The maximum Gasteiger partial charge on any atom is 0.308 e. The van der Waals surface area contributed by atoms with Crippen molar-refractivity contribution in [2.24, 2.45) is 5.92 Å². The average Bonchev–Trinajstić information content (AvgIpc) is 2.53. The standard InChI is InChI=1S/C17H23NO4/c1-12-5-3-4-6-14(12)17(7-9-22-10-8-17)16(21)18-11-13(2)15(19)20/h3-6,13H,7-11H2,1-2H3,(H,18,21)(H,19,20). The number of rotatable bonds is 5. The Morgan fingerprint density at radius 2 is 1.95 bits per heavy atom. The summed E-state index contributed by atoms with van der Waals surface area (Å²) in [5, 5.41) is 11.8. The van der Waals surface area contributed by atoms with E-state index in [9.17, 15) is 9.59 Å². The molecule has 1 fully saturated rings. The molecule has 5 heteroatoms. The van der Waals surface area contributed by atoms with E-state index in [4.69, 9.17) is 9.84 Å². The summed E-state index contributed by atoms with van der Waals surface area (Å²) >= 11 is 0. The molecule has 5 nitrogen and oxygen atoms in total. The summed E-state index contributed by atoms with van der Waals surface area (Å²) in [5.74, 6) is -1.60. The highest BCUT2D eigenvalue weighted by Crippen LogP contribution is 2.36. The number of amides is 1. The van der Waals surface area contributed by atoms with E-state index < -0.39 is 17.3 Å². The number of carboxylic acid groups (broad SMARTS) is 1. The quantitative estimate of drug-likeness (QED) is 0.871. The zero-order chi connectivity index (χ0) is 16.2. The lowest BCUT2D eigenvalue weighted by molar-refractivity contribution is -0.141. The highest BCUT2D eigenvalue weighted by molar-refractivity contribution is 5.89. The van der Waals surface area contributed by atoms with Crippen LogP contribution in [0.3, 0.4) is 0 Å². The first-order valence-electron chi connectivity index (χ1n) is 7.62. The molecule has 22 heavy (non-hydrogen) atoms. The molecule has 0 radical (unpaired) electrons. The summed E-state index contributed by atoms with van der Waals surface area (Å²) in [5.41, 5.74) is 1.46. The van der Waals surface area contributed by atoms with Gasteiger partial charge in [-0.1, -0.05) is 31.2 Å². The van der Waals surface area contributed by atoms with Gasteiger partial charge in [-0.05, 0) is 30.9 Å². The van der Waals surface area contributed by atoms with E-state index in [0.29, 0.717) is 26.1 Å². The highest BCUT2D eigenvalue weighted by atomic mass is 16.5. The smallest absolute Gasteiger partial charge is 0.308 e. The van der Waals surface area contributed by atoms with Crippen LogP contribution in [0.4, 0.5) is 0 Å². The van der Waals surface area contributed by atoms with Crippen molar-refractivity contribution in [1.82, 2.24) is 5.32 Å². The van der Waals surface area contributed by atoms with Crippen molar-refractivity contribution < 1.29 is 19.4 Å². The SMILES string of the molecule is Cc1ccccc1C1(C(=O)NCC(C)C(=O)O)CCOCC1. The van der Waals surface area contributed by atoms with Gasteiger partial charge in [-0.2, -0.15) is 0 Å². The summed E-state index contributed by atoms with van der Waals surface area (Å²) in [6.45, 7) is 4.81. The molecule has 1 unspecified atom stereocenters. The zero-order valence-electron chi connectivity index (χ0n) is 13.1. The first-order chi connectivity index (χ1) is 10.5. The first kappa shape index (κ1) is 16.5. The van der Waals surface area contributed by atoms with Crippen molar-refractivity contribution >= 4 is 11.9 Å². The van der Waals surface area contributed by atoms with Gasteiger partial charge >= 0.3 is 5.97 Å². The molecular formula is C17H23NO4. The second-order valence-electron chi connectivity index (χ2n) is 5.96. The lowest BCUT2D eigenvalue weighted by Gasteiger charge is -2.37. The van der Waals surface area contributed by atoms with Crippen LogP contribution in [0.2, 0.25) is 0 Å². The van der Waals surface area contributed by atoms with Crippen LogP contribution in [0.5, 0.6) is 0 Å². The number of ether oxygens (including phenoxy) is 1. The molecule has 120 valence electrons. The number of carboxylic acids is 1. The third-order valence-corrected chi connectivity index (χ3v) is 4.43. The summed E-state index contributed by atoms with van der Waals surface area (Å²) in [7, 11) is 0. The number of nitrogens with one attached hydrogen (secondary N) is 1. The van der Waals surface area contributed by atoms with Gasteiger partial charge in [0, 0.05) is 19.8 Å². The molecule has 0 aromatic heterocycles. The Morgan fingerprint density at radius 3 is 2.55 bits per heavy atom. The van der Waals surface area contributed by atoms with Gasteiger partial charge in [0.2, 0.25) is 5.91 Å². The average molecular weight is 305 g/mol. The van der Waals surface area contributed by atoms with Crippen molar-refractivity contribution in [3.8, 4) is 0 Å². The minimum Gasteiger partial charge on any atom is -0.481 e. The first-order valence-corrected chi connectivity index (χ1v) is 7.62. The van der Waals surface area contributed by atoms with Gasteiger partial charge in [0.15, 0.2) is 0 Å². The van der Waals surface area contributed by atoms with E-state index in [0.717, 1.165) is 11.1 Å². The molecule has 0 aliphatic carbocycles. The van der Waals surface area contributed by atoms with E-state index in [1.807, 2.05) is 31.2 Å². The van der Waals surface area contributed by atoms with Crippen LogP contribution >= 0.6 is 0 Å². The predicted octanol–water partition coefficient (Wildman–Crippen LogP) is 1.88.